The minimum atomic E-state index is -0.540. The number of halogens is 1. The third-order valence-corrected chi connectivity index (χ3v) is 5.07. The predicted molar refractivity (Wildman–Crippen MR) is 113 cm³/mol. The van der Waals surface area contributed by atoms with Gasteiger partial charge in [-0.25, -0.2) is 9.18 Å². The third kappa shape index (κ3) is 7.30. The lowest BCUT2D eigenvalue weighted by Gasteiger charge is -2.36. The predicted octanol–water partition coefficient (Wildman–Crippen LogP) is 2.00. The van der Waals surface area contributed by atoms with Crippen LogP contribution in [-0.4, -0.2) is 53.4 Å². The number of urea groups is 1. The van der Waals surface area contributed by atoms with Gasteiger partial charge in [-0.3, -0.25) is 9.78 Å². The average Bonchev–Trinajstić information content (AvgIpc) is 2.77. The molecule has 0 radical (unpaired) electrons. The van der Waals surface area contributed by atoms with Crippen LogP contribution in [0, 0.1) is 5.82 Å². The number of hydrogen-bond acceptors (Lipinski definition) is 5. The van der Waals surface area contributed by atoms with Gasteiger partial charge in [-0.1, -0.05) is 6.07 Å². The van der Waals surface area contributed by atoms with Gasteiger partial charge in [-0.2, -0.15) is 0 Å². The van der Waals surface area contributed by atoms with Crippen molar-refractivity contribution in [2.24, 2.45) is 0 Å². The van der Waals surface area contributed by atoms with Crippen LogP contribution in [0.3, 0.4) is 0 Å². The summed E-state index contributed by atoms with van der Waals surface area (Å²) in [6, 6.07) is 10.1. The van der Waals surface area contributed by atoms with E-state index in [0.29, 0.717) is 37.2 Å². The van der Waals surface area contributed by atoms with Crippen molar-refractivity contribution in [2.75, 3.05) is 18.5 Å². The van der Waals surface area contributed by atoms with Crippen molar-refractivity contribution >= 4 is 17.6 Å². The van der Waals surface area contributed by atoms with Crippen molar-refractivity contribution in [3.63, 3.8) is 0 Å². The Labute approximate surface area is 180 Å². The average molecular weight is 430 g/mol. The van der Waals surface area contributed by atoms with Gasteiger partial charge in [0.25, 0.3) is 0 Å². The summed E-state index contributed by atoms with van der Waals surface area (Å²) in [4.78, 5) is 28.3. The van der Waals surface area contributed by atoms with Crippen LogP contribution >= 0.6 is 0 Å². The first-order valence-electron chi connectivity index (χ1n) is 10.3. The molecule has 1 aliphatic heterocycles. The molecule has 0 aliphatic carbocycles. The molecule has 2 heterocycles. The van der Waals surface area contributed by atoms with Crippen LogP contribution in [0.4, 0.5) is 14.9 Å². The van der Waals surface area contributed by atoms with Crippen LogP contribution in [0.25, 0.3) is 0 Å². The molecule has 0 spiro atoms. The second kappa shape index (κ2) is 11.4. The maximum absolute atomic E-state index is 13.0. The maximum atomic E-state index is 13.0. The molecular weight excluding hydrogens is 403 g/mol. The summed E-state index contributed by atoms with van der Waals surface area (Å²) < 4.78 is 18.9. The van der Waals surface area contributed by atoms with Gasteiger partial charge in [0.2, 0.25) is 5.91 Å². The van der Waals surface area contributed by atoms with Gasteiger partial charge in [0, 0.05) is 24.1 Å². The molecular formula is C22H27FN4O4. The highest BCUT2D eigenvalue weighted by atomic mass is 19.1. The lowest BCUT2D eigenvalue weighted by molar-refractivity contribution is -0.121. The summed E-state index contributed by atoms with van der Waals surface area (Å²) in [6.45, 7) is 0.224. The minimum absolute atomic E-state index is 0.106. The number of hydrogen-bond donors (Lipinski definition) is 4. The second-order valence-corrected chi connectivity index (χ2v) is 7.40. The highest BCUT2D eigenvalue weighted by molar-refractivity contribution is 5.89. The van der Waals surface area contributed by atoms with Crippen molar-refractivity contribution in [1.82, 2.24) is 15.6 Å². The number of aliphatic hydroxyl groups is 1. The molecule has 1 aromatic heterocycles. The molecule has 1 aromatic carbocycles. The SMILES string of the molecule is O=C(Cc1ccccn1)NCC[C@H]1CC[C@@H](NC(=O)Nc2ccc(F)cc2)[C@H](CO)O1. The number of ether oxygens (including phenoxy) is 1. The highest BCUT2D eigenvalue weighted by Gasteiger charge is 2.31. The quantitative estimate of drug-likeness (QED) is 0.512. The zero-order valence-electron chi connectivity index (χ0n) is 17.1. The van der Waals surface area contributed by atoms with Gasteiger partial charge in [-0.15, -0.1) is 0 Å². The molecule has 2 aromatic rings. The molecule has 8 nitrogen and oxygen atoms in total. The largest absolute Gasteiger partial charge is 0.394 e. The minimum Gasteiger partial charge on any atom is -0.394 e. The molecule has 166 valence electrons. The summed E-state index contributed by atoms with van der Waals surface area (Å²) in [5, 5.41) is 18.0. The van der Waals surface area contributed by atoms with Gasteiger partial charge in [0.05, 0.1) is 25.2 Å². The number of carbonyl (C=O) groups is 2. The van der Waals surface area contributed by atoms with E-state index in [1.807, 2.05) is 6.07 Å². The first-order valence-corrected chi connectivity index (χ1v) is 10.3. The third-order valence-electron chi connectivity index (χ3n) is 5.07. The topological polar surface area (TPSA) is 113 Å². The highest BCUT2D eigenvalue weighted by Crippen LogP contribution is 2.22. The Kier molecular flexibility index (Phi) is 8.31. The fourth-order valence-corrected chi connectivity index (χ4v) is 3.48. The first-order chi connectivity index (χ1) is 15.0. The number of nitrogens with one attached hydrogen (secondary N) is 3. The van der Waals surface area contributed by atoms with E-state index < -0.39 is 12.1 Å². The summed E-state index contributed by atoms with van der Waals surface area (Å²) in [5.74, 6) is -0.490. The van der Waals surface area contributed by atoms with Crippen LogP contribution in [-0.2, 0) is 16.0 Å². The van der Waals surface area contributed by atoms with Crippen LogP contribution in [0.5, 0.6) is 0 Å². The van der Waals surface area contributed by atoms with Crippen molar-refractivity contribution in [3.8, 4) is 0 Å². The summed E-state index contributed by atoms with van der Waals surface area (Å²) in [6.07, 6.45) is 3.15. The number of aliphatic hydroxyl groups excluding tert-OH is 1. The van der Waals surface area contributed by atoms with Crippen molar-refractivity contribution in [2.45, 2.75) is 43.9 Å². The second-order valence-electron chi connectivity index (χ2n) is 7.40. The van der Waals surface area contributed by atoms with Gasteiger partial charge >= 0.3 is 6.03 Å². The Morgan fingerprint density at radius 2 is 1.97 bits per heavy atom. The number of carbonyl (C=O) groups excluding carboxylic acids is 2. The van der Waals surface area contributed by atoms with Crippen LogP contribution in [0.15, 0.2) is 48.7 Å². The molecule has 1 fully saturated rings. The number of nitrogens with zero attached hydrogens (tertiary/aromatic N) is 1. The van der Waals surface area contributed by atoms with E-state index in [-0.39, 0.29) is 36.9 Å². The van der Waals surface area contributed by atoms with Crippen molar-refractivity contribution < 1.29 is 23.8 Å². The number of rotatable bonds is 8. The Morgan fingerprint density at radius 3 is 2.68 bits per heavy atom. The van der Waals surface area contributed by atoms with Crippen LogP contribution < -0.4 is 16.0 Å². The number of amides is 3. The molecule has 1 aliphatic rings. The molecule has 0 saturated carbocycles. The Hall–Kier alpha value is -3.04. The number of pyridine rings is 1. The van der Waals surface area contributed by atoms with Gasteiger partial charge in [-0.05, 0) is 55.7 Å². The van der Waals surface area contributed by atoms with E-state index in [1.165, 1.54) is 24.3 Å². The molecule has 31 heavy (non-hydrogen) atoms. The van der Waals surface area contributed by atoms with E-state index in [1.54, 1.807) is 18.3 Å². The van der Waals surface area contributed by atoms with Gasteiger partial charge < -0.3 is 25.8 Å². The smallest absolute Gasteiger partial charge is 0.319 e. The standard InChI is InChI=1S/C22H27FN4O4/c23-15-4-6-16(7-5-15)26-22(30)27-19-9-8-18(31-20(19)14-28)10-12-25-21(29)13-17-3-1-2-11-24-17/h1-7,11,18-20,28H,8-10,12-14H2,(H,25,29)(H2,26,27,30)/t18-,19-,20+/m1/s1. The molecule has 4 N–H and O–H groups in total. The van der Waals surface area contributed by atoms with E-state index in [4.69, 9.17) is 4.74 Å². The molecule has 3 rings (SSSR count). The maximum Gasteiger partial charge on any atom is 0.319 e. The molecule has 1 saturated heterocycles. The lowest BCUT2D eigenvalue weighted by Crippen LogP contribution is -2.52. The normalized spacial score (nSPS) is 20.6. The monoisotopic (exact) mass is 430 g/mol. The number of anilines is 1. The van der Waals surface area contributed by atoms with Gasteiger partial charge in [0.1, 0.15) is 11.9 Å². The van der Waals surface area contributed by atoms with Crippen molar-refractivity contribution in [1.29, 1.82) is 0 Å². The Balaban J connectivity index is 1.39. The fourth-order valence-electron chi connectivity index (χ4n) is 3.48. The van der Waals surface area contributed by atoms with E-state index in [2.05, 4.69) is 20.9 Å². The number of aromatic nitrogens is 1. The number of benzene rings is 1. The van der Waals surface area contributed by atoms with E-state index in [0.717, 1.165) is 0 Å². The fraction of sp³-hybridized carbons (Fsp3) is 0.409. The molecule has 0 unspecified atom stereocenters. The molecule has 0 bridgehead atoms. The zero-order chi connectivity index (χ0) is 22.1. The Morgan fingerprint density at radius 1 is 1.16 bits per heavy atom. The summed E-state index contributed by atoms with van der Waals surface area (Å²) >= 11 is 0. The van der Waals surface area contributed by atoms with Gasteiger partial charge in [0.15, 0.2) is 0 Å². The molecule has 9 heteroatoms. The van der Waals surface area contributed by atoms with E-state index in [9.17, 15) is 19.1 Å². The summed E-state index contributed by atoms with van der Waals surface area (Å²) in [7, 11) is 0. The van der Waals surface area contributed by atoms with Crippen LogP contribution in [0.1, 0.15) is 25.0 Å². The Bertz CT molecular complexity index is 850. The van der Waals surface area contributed by atoms with E-state index >= 15 is 0 Å². The summed E-state index contributed by atoms with van der Waals surface area (Å²) in [5.41, 5.74) is 1.18. The first kappa shape index (κ1) is 22.6. The molecule has 3 atom stereocenters. The zero-order valence-corrected chi connectivity index (χ0v) is 17.1. The lowest BCUT2D eigenvalue weighted by atomic mass is 9.97. The van der Waals surface area contributed by atoms with Crippen molar-refractivity contribution in [3.05, 3.63) is 60.2 Å². The molecule has 3 amide bonds. The van der Waals surface area contributed by atoms with Crippen LogP contribution in [0.2, 0.25) is 0 Å².